The lowest BCUT2D eigenvalue weighted by atomic mass is 10.0. The number of hydrogen-bond acceptors (Lipinski definition) is 5. The second-order valence-electron chi connectivity index (χ2n) is 6.46. The molecule has 0 spiro atoms. The summed E-state index contributed by atoms with van der Waals surface area (Å²) in [5, 5.41) is 5.29. The minimum absolute atomic E-state index is 0.109. The highest BCUT2D eigenvalue weighted by molar-refractivity contribution is 7.89. The molecule has 8 nitrogen and oxygen atoms in total. The molecule has 0 radical (unpaired) electrons. The third-order valence-corrected chi connectivity index (χ3v) is 5.91. The Morgan fingerprint density at radius 3 is 2.42 bits per heavy atom. The average Bonchev–Trinajstić information content (AvgIpc) is 2.60. The summed E-state index contributed by atoms with van der Waals surface area (Å²) in [6.07, 6.45) is 0. The van der Waals surface area contributed by atoms with E-state index in [4.69, 9.17) is 4.74 Å². The molecule has 2 amide bonds. The zero-order chi connectivity index (χ0) is 19.3. The van der Waals surface area contributed by atoms with Gasteiger partial charge in [-0.25, -0.2) is 8.42 Å². The number of anilines is 1. The van der Waals surface area contributed by atoms with E-state index in [-0.39, 0.29) is 16.7 Å². The van der Waals surface area contributed by atoms with E-state index in [9.17, 15) is 18.0 Å². The molecule has 26 heavy (non-hydrogen) atoms. The molecule has 2 N–H and O–H groups in total. The normalized spacial score (nSPS) is 16.9. The molecule has 0 bridgehead atoms. The van der Waals surface area contributed by atoms with Crippen molar-refractivity contribution >= 4 is 27.5 Å². The predicted molar refractivity (Wildman–Crippen MR) is 97.1 cm³/mol. The quantitative estimate of drug-likeness (QED) is 0.756. The summed E-state index contributed by atoms with van der Waals surface area (Å²) in [6.45, 7) is 6.32. The van der Waals surface area contributed by atoms with Crippen LogP contribution in [0.15, 0.2) is 29.2 Å². The summed E-state index contributed by atoms with van der Waals surface area (Å²) < 4.78 is 32.0. The Morgan fingerprint density at radius 1 is 1.19 bits per heavy atom. The first-order chi connectivity index (χ1) is 12.2. The second kappa shape index (κ2) is 8.61. The Labute approximate surface area is 153 Å². The van der Waals surface area contributed by atoms with Crippen LogP contribution in [0, 0.1) is 5.92 Å². The van der Waals surface area contributed by atoms with Gasteiger partial charge in [0.15, 0.2) is 0 Å². The highest BCUT2D eigenvalue weighted by atomic mass is 32.2. The molecule has 144 valence electrons. The SMILES string of the molecule is CC(=O)NC(C(=O)Nc1cccc(S(=O)(=O)N2CCOCC2)c1)C(C)C. The van der Waals surface area contributed by atoms with Gasteiger partial charge in [0.2, 0.25) is 21.8 Å². The third-order valence-electron chi connectivity index (χ3n) is 4.02. The van der Waals surface area contributed by atoms with Crippen LogP contribution in [-0.4, -0.2) is 56.9 Å². The van der Waals surface area contributed by atoms with Gasteiger partial charge in [0.1, 0.15) is 6.04 Å². The van der Waals surface area contributed by atoms with Gasteiger partial charge >= 0.3 is 0 Å². The second-order valence-corrected chi connectivity index (χ2v) is 8.39. The van der Waals surface area contributed by atoms with Gasteiger partial charge in [-0.3, -0.25) is 9.59 Å². The van der Waals surface area contributed by atoms with Crippen molar-refractivity contribution in [3.63, 3.8) is 0 Å². The fourth-order valence-corrected chi connectivity index (χ4v) is 4.10. The molecule has 9 heteroatoms. The Kier molecular flexibility index (Phi) is 6.74. The maximum Gasteiger partial charge on any atom is 0.247 e. The van der Waals surface area contributed by atoms with E-state index >= 15 is 0 Å². The average molecular weight is 383 g/mol. The number of carbonyl (C=O) groups excluding carboxylic acids is 2. The van der Waals surface area contributed by atoms with E-state index in [2.05, 4.69) is 10.6 Å². The van der Waals surface area contributed by atoms with Crippen molar-refractivity contribution in [1.82, 2.24) is 9.62 Å². The number of benzene rings is 1. The molecule has 2 rings (SSSR count). The Balaban J connectivity index is 2.18. The third kappa shape index (κ3) is 5.03. The van der Waals surface area contributed by atoms with Gasteiger partial charge in [-0.15, -0.1) is 0 Å². The van der Waals surface area contributed by atoms with Gasteiger partial charge in [0.25, 0.3) is 0 Å². The van der Waals surface area contributed by atoms with E-state index in [1.165, 1.54) is 23.4 Å². The summed E-state index contributed by atoms with van der Waals surface area (Å²) in [7, 11) is -3.64. The first kappa shape index (κ1) is 20.3. The number of carbonyl (C=O) groups is 2. The molecule has 1 heterocycles. The monoisotopic (exact) mass is 383 g/mol. The van der Waals surface area contributed by atoms with Gasteiger partial charge in [-0.05, 0) is 24.1 Å². The molecule has 1 unspecified atom stereocenters. The van der Waals surface area contributed by atoms with Crippen LogP contribution in [0.25, 0.3) is 0 Å². The largest absolute Gasteiger partial charge is 0.379 e. The summed E-state index contributed by atoms with van der Waals surface area (Å²) >= 11 is 0. The number of nitrogens with one attached hydrogen (secondary N) is 2. The van der Waals surface area contributed by atoms with Crippen molar-refractivity contribution in [1.29, 1.82) is 0 Å². The Hall–Kier alpha value is -1.97. The van der Waals surface area contributed by atoms with Gasteiger partial charge in [-0.2, -0.15) is 4.31 Å². The van der Waals surface area contributed by atoms with Crippen molar-refractivity contribution in [2.75, 3.05) is 31.6 Å². The van der Waals surface area contributed by atoms with E-state index in [0.29, 0.717) is 32.0 Å². The molecule has 1 aromatic rings. The van der Waals surface area contributed by atoms with Crippen LogP contribution in [0.2, 0.25) is 0 Å². The first-order valence-corrected chi connectivity index (χ1v) is 9.91. The predicted octanol–water partition coefficient (Wildman–Crippen LogP) is 0.807. The van der Waals surface area contributed by atoms with Crippen molar-refractivity contribution in [2.24, 2.45) is 5.92 Å². The van der Waals surface area contributed by atoms with Crippen molar-refractivity contribution < 1.29 is 22.7 Å². The van der Waals surface area contributed by atoms with Crippen LogP contribution in [0.5, 0.6) is 0 Å². The Bertz CT molecular complexity index is 757. The maximum absolute atomic E-state index is 12.7. The number of hydrogen-bond donors (Lipinski definition) is 2. The lowest BCUT2D eigenvalue weighted by Gasteiger charge is -2.26. The molecule has 1 aromatic carbocycles. The fourth-order valence-electron chi connectivity index (χ4n) is 2.64. The molecule has 1 aliphatic heterocycles. The number of ether oxygens (including phenoxy) is 1. The fraction of sp³-hybridized carbons (Fsp3) is 0.529. The topological polar surface area (TPSA) is 105 Å². The van der Waals surface area contributed by atoms with Crippen molar-refractivity contribution in [3.05, 3.63) is 24.3 Å². The molecule has 1 atom stereocenters. The summed E-state index contributed by atoms with van der Waals surface area (Å²) in [4.78, 5) is 23.8. The van der Waals surface area contributed by atoms with Crippen LogP contribution >= 0.6 is 0 Å². The first-order valence-electron chi connectivity index (χ1n) is 8.47. The highest BCUT2D eigenvalue weighted by Gasteiger charge is 2.27. The molecule has 0 aromatic heterocycles. The summed E-state index contributed by atoms with van der Waals surface area (Å²) in [5.74, 6) is -0.808. The van der Waals surface area contributed by atoms with Crippen molar-refractivity contribution in [2.45, 2.75) is 31.7 Å². The lowest BCUT2D eigenvalue weighted by Crippen LogP contribution is -2.46. The van der Waals surface area contributed by atoms with E-state index in [0.717, 1.165) is 0 Å². The highest BCUT2D eigenvalue weighted by Crippen LogP contribution is 2.21. The number of nitrogens with zero attached hydrogens (tertiary/aromatic N) is 1. The molecule has 1 aliphatic rings. The van der Waals surface area contributed by atoms with Crippen LogP contribution in [-0.2, 0) is 24.3 Å². The van der Waals surface area contributed by atoms with Gasteiger partial charge in [-0.1, -0.05) is 19.9 Å². The zero-order valence-corrected chi connectivity index (χ0v) is 16.0. The number of rotatable bonds is 6. The van der Waals surface area contributed by atoms with E-state index < -0.39 is 22.0 Å². The maximum atomic E-state index is 12.7. The minimum atomic E-state index is -3.64. The van der Waals surface area contributed by atoms with Crippen LogP contribution in [0.4, 0.5) is 5.69 Å². The number of morpholine rings is 1. The van der Waals surface area contributed by atoms with Crippen LogP contribution < -0.4 is 10.6 Å². The molecule has 0 saturated carbocycles. The lowest BCUT2D eigenvalue weighted by molar-refractivity contribution is -0.126. The minimum Gasteiger partial charge on any atom is -0.379 e. The summed E-state index contributed by atoms with van der Waals surface area (Å²) in [5.41, 5.74) is 0.361. The van der Waals surface area contributed by atoms with Gasteiger partial charge in [0, 0.05) is 25.7 Å². The molecule has 1 fully saturated rings. The Morgan fingerprint density at radius 2 is 1.85 bits per heavy atom. The van der Waals surface area contributed by atoms with E-state index in [1.807, 2.05) is 13.8 Å². The molecular weight excluding hydrogens is 358 g/mol. The van der Waals surface area contributed by atoms with Crippen molar-refractivity contribution in [3.8, 4) is 0 Å². The van der Waals surface area contributed by atoms with Gasteiger partial charge in [0.05, 0.1) is 18.1 Å². The van der Waals surface area contributed by atoms with Gasteiger partial charge < -0.3 is 15.4 Å². The number of amides is 2. The summed E-state index contributed by atoms with van der Waals surface area (Å²) in [6, 6.07) is 5.40. The molecule has 0 aliphatic carbocycles. The molecule has 1 saturated heterocycles. The van der Waals surface area contributed by atoms with E-state index in [1.54, 1.807) is 12.1 Å². The standard InChI is InChI=1S/C17H25N3O5S/c1-12(2)16(18-13(3)21)17(22)19-14-5-4-6-15(11-14)26(23,24)20-7-9-25-10-8-20/h4-6,11-12,16H,7-10H2,1-3H3,(H,18,21)(H,19,22). The van der Waals surface area contributed by atoms with Crippen LogP contribution in [0.1, 0.15) is 20.8 Å². The number of sulfonamides is 1. The van der Waals surface area contributed by atoms with Crippen LogP contribution in [0.3, 0.4) is 0 Å². The zero-order valence-electron chi connectivity index (χ0n) is 15.2. The smallest absolute Gasteiger partial charge is 0.247 e. The molecular formula is C17H25N3O5S.